The van der Waals surface area contributed by atoms with E-state index in [9.17, 15) is 13.2 Å². The van der Waals surface area contributed by atoms with E-state index in [1.807, 2.05) is 23.7 Å². The van der Waals surface area contributed by atoms with Crippen LogP contribution in [0.15, 0.2) is 71.9 Å². The van der Waals surface area contributed by atoms with Crippen LogP contribution in [0.5, 0.6) is 0 Å². The fourth-order valence-corrected chi connectivity index (χ4v) is 5.44. The highest BCUT2D eigenvalue weighted by Gasteiger charge is 2.26. The first-order valence-electron chi connectivity index (χ1n) is 11.5. The summed E-state index contributed by atoms with van der Waals surface area (Å²) in [5, 5.41) is 3.47. The number of sulfonamides is 1. The minimum atomic E-state index is -3.67. The van der Waals surface area contributed by atoms with Crippen molar-refractivity contribution in [3.63, 3.8) is 0 Å². The van der Waals surface area contributed by atoms with Crippen molar-refractivity contribution in [2.75, 3.05) is 24.3 Å². The maximum atomic E-state index is 12.7. The number of aromatic nitrogens is 3. The van der Waals surface area contributed by atoms with Crippen molar-refractivity contribution in [2.45, 2.75) is 17.9 Å². The quantitative estimate of drug-likeness (QED) is 0.319. The molecular formula is C26H26N6O4S. The number of benzene rings is 2. The molecule has 0 aliphatic carbocycles. The normalized spacial score (nSPS) is 13.9. The highest BCUT2D eigenvalue weighted by molar-refractivity contribution is 7.89. The summed E-state index contributed by atoms with van der Waals surface area (Å²) in [7, 11) is -1.79. The molecule has 1 amide bonds. The van der Waals surface area contributed by atoms with E-state index in [1.165, 1.54) is 6.33 Å². The van der Waals surface area contributed by atoms with E-state index in [1.54, 1.807) is 43.3 Å². The molecule has 2 aromatic heterocycles. The number of nitrogens with one attached hydrogen (secondary N) is 2. The average molecular weight is 519 g/mol. The van der Waals surface area contributed by atoms with Gasteiger partial charge in [-0.1, -0.05) is 30.8 Å². The number of ether oxygens (including phenoxy) is 1. The summed E-state index contributed by atoms with van der Waals surface area (Å²) in [6, 6.07) is 13.8. The number of fused-ring (bicyclic) bond motifs is 1. The predicted octanol–water partition coefficient (Wildman–Crippen LogP) is 3.08. The molecule has 3 heterocycles. The van der Waals surface area contributed by atoms with Gasteiger partial charge in [-0.2, -0.15) is 0 Å². The molecule has 190 valence electrons. The van der Waals surface area contributed by atoms with Gasteiger partial charge in [-0.25, -0.2) is 23.1 Å². The molecule has 0 bridgehead atoms. The number of rotatable bonds is 7. The van der Waals surface area contributed by atoms with Crippen molar-refractivity contribution in [3.05, 3.63) is 67.0 Å². The smallest absolute Gasteiger partial charge is 0.250 e. The highest BCUT2D eigenvalue weighted by atomic mass is 32.2. The Labute approximate surface area is 214 Å². The molecule has 11 heteroatoms. The number of hydrogen-bond acceptors (Lipinski definition) is 7. The van der Waals surface area contributed by atoms with Crippen LogP contribution in [0.1, 0.15) is 6.92 Å². The van der Waals surface area contributed by atoms with Gasteiger partial charge in [0.05, 0.1) is 35.2 Å². The lowest BCUT2D eigenvalue weighted by Crippen LogP contribution is -2.48. The van der Waals surface area contributed by atoms with Gasteiger partial charge in [0, 0.05) is 23.9 Å². The zero-order valence-corrected chi connectivity index (χ0v) is 21.2. The zero-order chi connectivity index (χ0) is 26.3. The minimum absolute atomic E-state index is 0.159. The van der Waals surface area contributed by atoms with Gasteiger partial charge in [-0.3, -0.25) is 4.79 Å². The molecule has 1 aliphatic heterocycles. The van der Waals surface area contributed by atoms with Crippen LogP contribution in [-0.2, 0) is 26.6 Å². The van der Waals surface area contributed by atoms with E-state index < -0.39 is 10.0 Å². The molecule has 4 N–H and O–H groups in total. The standard InChI is InChI=1S/C26H26N6O4S/c1-15(2)26(33)30-18-8-4-17(5-9-18)23-21(22-24(27)28-14-29-25(22)32(23)3)16-6-10-20(11-7-16)37(34,35)31-19-12-36-13-19/h4-11,14,19,31H,1,12-13H2,2-3H3,(H,30,33)(H2,27,28,29). The second kappa shape index (κ2) is 9.43. The van der Waals surface area contributed by atoms with Crippen LogP contribution in [0.2, 0.25) is 0 Å². The summed E-state index contributed by atoms with van der Waals surface area (Å²) < 4.78 is 35.1. The SMILES string of the molecule is C=C(C)C(=O)Nc1ccc(-c2c(-c3ccc(S(=O)(=O)NC4COC4)cc3)c3c(N)ncnc3n2C)cc1. The van der Waals surface area contributed by atoms with Gasteiger partial charge in [0.2, 0.25) is 10.0 Å². The maximum Gasteiger partial charge on any atom is 0.250 e. The van der Waals surface area contributed by atoms with Crippen LogP contribution in [0.4, 0.5) is 11.5 Å². The van der Waals surface area contributed by atoms with Crippen molar-refractivity contribution < 1.29 is 17.9 Å². The van der Waals surface area contributed by atoms with Crippen LogP contribution < -0.4 is 15.8 Å². The van der Waals surface area contributed by atoms with Crippen LogP contribution >= 0.6 is 0 Å². The molecule has 5 rings (SSSR count). The lowest BCUT2D eigenvalue weighted by Gasteiger charge is -2.26. The molecule has 0 radical (unpaired) electrons. The fourth-order valence-electron chi connectivity index (χ4n) is 4.24. The molecule has 0 spiro atoms. The lowest BCUT2D eigenvalue weighted by molar-refractivity contribution is -0.112. The Balaban J connectivity index is 1.59. The number of nitrogens with zero attached hydrogens (tertiary/aromatic N) is 3. The summed E-state index contributed by atoms with van der Waals surface area (Å²) in [5.41, 5.74) is 11.2. The third kappa shape index (κ3) is 4.59. The maximum absolute atomic E-state index is 12.7. The molecule has 10 nitrogen and oxygen atoms in total. The number of nitrogen functional groups attached to an aromatic ring is 1. The number of nitrogens with two attached hydrogens (primary N) is 1. The monoisotopic (exact) mass is 518 g/mol. The van der Waals surface area contributed by atoms with Gasteiger partial charge in [0.15, 0.2) is 0 Å². The Bertz CT molecular complexity index is 1620. The number of aryl methyl sites for hydroxylation is 1. The van der Waals surface area contributed by atoms with E-state index in [0.717, 1.165) is 22.4 Å². The molecule has 4 aromatic rings. The second-order valence-electron chi connectivity index (χ2n) is 8.93. The van der Waals surface area contributed by atoms with Crippen molar-refractivity contribution in [3.8, 4) is 22.4 Å². The van der Waals surface area contributed by atoms with Gasteiger partial charge in [0.25, 0.3) is 5.91 Å². The van der Waals surface area contributed by atoms with Gasteiger partial charge in [-0.15, -0.1) is 0 Å². The molecular weight excluding hydrogens is 492 g/mol. The summed E-state index contributed by atoms with van der Waals surface area (Å²) in [6.07, 6.45) is 1.41. The van der Waals surface area contributed by atoms with Gasteiger partial charge in [-0.05, 0) is 42.3 Å². The second-order valence-corrected chi connectivity index (χ2v) is 10.6. The zero-order valence-electron chi connectivity index (χ0n) is 20.4. The highest BCUT2D eigenvalue weighted by Crippen LogP contribution is 2.41. The molecule has 37 heavy (non-hydrogen) atoms. The summed E-state index contributed by atoms with van der Waals surface area (Å²) in [4.78, 5) is 20.8. The number of anilines is 2. The largest absolute Gasteiger partial charge is 0.383 e. The van der Waals surface area contributed by atoms with Crippen molar-refractivity contribution in [1.29, 1.82) is 0 Å². The van der Waals surface area contributed by atoms with E-state index in [2.05, 4.69) is 26.6 Å². The van der Waals surface area contributed by atoms with E-state index in [-0.39, 0.29) is 16.8 Å². The first kappa shape index (κ1) is 24.6. The van der Waals surface area contributed by atoms with E-state index >= 15 is 0 Å². The molecule has 0 unspecified atom stereocenters. The van der Waals surface area contributed by atoms with Crippen LogP contribution in [0.3, 0.4) is 0 Å². The number of amides is 1. The number of carbonyl (C=O) groups excluding carboxylic acids is 1. The third-order valence-electron chi connectivity index (χ3n) is 6.21. The first-order valence-corrected chi connectivity index (χ1v) is 13.0. The Morgan fingerprint density at radius 2 is 1.73 bits per heavy atom. The van der Waals surface area contributed by atoms with Crippen molar-refractivity contribution >= 4 is 38.5 Å². The lowest BCUT2D eigenvalue weighted by atomic mass is 9.98. The van der Waals surface area contributed by atoms with E-state index in [0.29, 0.717) is 41.3 Å². The van der Waals surface area contributed by atoms with Crippen LogP contribution in [-0.4, -0.2) is 48.1 Å². The van der Waals surface area contributed by atoms with Crippen LogP contribution in [0, 0.1) is 0 Å². The molecule has 1 aliphatic rings. The fraction of sp³-hybridized carbons (Fsp3) is 0.192. The van der Waals surface area contributed by atoms with Gasteiger partial charge < -0.3 is 20.4 Å². The molecule has 1 fully saturated rings. The van der Waals surface area contributed by atoms with Gasteiger partial charge >= 0.3 is 0 Å². The molecule has 1 saturated heterocycles. The predicted molar refractivity (Wildman–Crippen MR) is 142 cm³/mol. The Hall–Kier alpha value is -4.06. The van der Waals surface area contributed by atoms with Crippen molar-refractivity contribution in [1.82, 2.24) is 19.3 Å². The molecule has 2 aromatic carbocycles. The number of hydrogen-bond donors (Lipinski definition) is 3. The summed E-state index contributed by atoms with van der Waals surface area (Å²) in [6.45, 7) is 6.04. The molecule has 0 atom stereocenters. The third-order valence-corrected chi connectivity index (χ3v) is 7.75. The Kier molecular flexibility index (Phi) is 6.28. The summed E-state index contributed by atoms with van der Waals surface area (Å²) in [5.74, 6) is 0.0611. The Morgan fingerprint density at radius 3 is 2.32 bits per heavy atom. The van der Waals surface area contributed by atoms with Crippen LogP contribution in [0.25, 0.3) is 33.4 Å². The average Bonchev–Trinajstić information content (AvgIpc) is 3.15. The molecule has 0 saturated carbocycles. The topological polar surface area (TPSA) is 141 Å². The summed E-state index contributed by atoms with van der Waals surface area (Å²) >= 11 is 0. The number of carbonyl (C=O) groups is 1. The minimum Gasteiger partial charge on any atom is -0.383 e. The Morgan fingerprint density at radius 1 is 1.08 bits per heavy atom. The van der Waals surface area contributed by atoms with E-state index in [4.69, 9.17) is 10.5 Å². The van der Waals surface area contributed by atoms with Gasteiger partial charge in [0.1, 0.15) is 17.8 Å². The first-order chi connectivity index (χ1) is 17.7. The van der Waals surface area contributed by atoms with Crippen molar-refractivity contribution in [2.24, 2.45) is 7.05 Å².